The molecule has 0 aliphatic rings. The fourth-order valence-electron chi connectivity index (χ4n) is 1.58. The second-order valence-corrected chi connectivity index (χ2v) is 4.59. The highest BCUT2D eigenvalue weighted by atomic mass is 35.5. The monoisotopic (exact) mass is 310 g/mol. The van der Waals surface area contributed by atoms with Gasteiger partial charge in [0.2, 0.25) is 0 Å². The number of ether oxygens (including phenoxy) is 2. The van der Waals surface area contributed by atoms with E-state index in [1.54, 1.807) is 30.3 Å². The van der Waals surface area contributed by atoms with E-state index in [2.05, 4.69) is 9.47 Å². The molecule has 112 valence electrons. The van der Waals surface area contributed by atoms with E-state index in [-0.39, 0.29) is 12.2 Å². The minimum absolute atomic E-state index is 0.302. The number of ketones is 1. The van der Waals surface area contributed by atoms with Crippen molar-refractivity contribution in [2.24, 2.45) is 5.92 Å². The Hall–Kier alpha value is -2.14. The normalized spacial score (nSPS) is 10.7. The number of carbonyl (C=O) groups excluding carboxylic acids is 3. The lowest BCUT2D eigenvalue weighted by Gasteiger charge is -2.10. The lowest BCUT2D eigenvalue weighted by atomic mass is 10.0. The summed E-state index contributed by atoms with van der Waals surface area (Å²) in [6, 6.07) is 6.86. The van der Waals surface area contributed by atoms with Crippen LogP contribution in [-0.4, -0.2) is 31.9 Å². The fourth-order valence-corrected chi connectivity index (χ4v) is 1.71. The first-order chi connectivity index (χ1) is 9.97. The summed E-state index contributed by atoms with van der Waals surface area (Å²) in [5.74, 6) is -3.22. The molecule has 0 N–H and O–H groups in total. The molecule has 0 aliphatic heterocycles. The zero-order valence-corrected chi connectivity index (χ0v) is 12.4. The molecule has 0 spiro atoms. The van der Waals surface area contributed by atoms with Crippen molar-refractivity contribution in [2.45, 2.75) is 6.42 Å². The van der Waals surface area contributed by atoms with Gasteiger partial charge >= 0.3 is 11.9 Å². The number of rotatable bonds is 6. The topological polar surface area (TPSA) is 69.7 Å². The lowest BCUT2D eigenvalue weighted by molar-refractivity contribution is -0.160. The minimum Gasteiger partial charge on any atom is -0.468 e. The van der Waals surface area contributed by atoms with E-state index in [1.165, 1.54) is 6.08 Å². The van der Waals surface area contributed by atoms with Gasteiger partial charge in [-0.25, -0.2) is 0 Å². The molecule has 5 nitrogen and oxygen atoms in total. The van der Waals surface area contributed by atoms with Crippen molar-refractivity contribution >= 4 is 35.4 Å². The van der Waals surface area contributed by atoms with Gasteiger partial charge < -0.3 is 9.47 Å². The van der Waals surface area contributed by atoms with Crippen LogP contribution >= 0.6 is 11.6 Å². The first-order valence-electron chi connectivity index (χ1n) is 6.10. The fraction of sp³-hybridized carbons (Fsp3) is 0.267. The van der Waals surface area contributed by atoms with E-state index in [9.17, 15) is 14.4 Å². The third-order valence-corrected chi connectivity index (χ3v) is 2.96. The maximum absolute atomic E-state index is 11.8. The molecule has 0 fully saturated rings. The number of esters is 2. The Bertz CT molecular complexity index is 532. The summed E-state index contributed by atoms with van der Waals surface area (Å²) in [5, 5.41) is 0.593. The molecule has 0 heterocycles. The van der Waals surface area contributed by atoms with E-state index in [1.807, 2.05) is 0 Å². The molecule has 0 bridgehead atoms. The second kappa shape index (κ2) is 8.21. The highest BCUT2D eigenvalue weighted by Gasteiger charge is 2.30. The van der Waals surface area contributed by atoms with Gasteiger partial charge in [0.15, 0.2) is 11.7 Å². The van der Waals surface area contributed by atoms with Crippen molar-refractivity contribution in [3.05, 3.63) is 40.9 Å². The Morgan fingerprint density at radius 2 is 1.62 bits per heavy atom. The SMILES string of the molecule is COC(=O)C(CC(=O)/C=C/c1ccc(Cl)cc1)C(=O)OC. The number of halogens is 1. The summed E-state index contributed by atoms with van der Waals surface area (Å²) < 4.78 is 8.96. The van der Waals surface area contributed by atoms with Crippen LogP contribution in [0.5, 0.6) is 0 Å². The van der Waals surface area contributed by atoms with Gasteiger partial charge in [0.1, 0.15) is 0 Å². The third kappa shape index (κ3) is 5.39. The molecule has 0 atom stereocenters. The molecule has 1 aromatic carbocycles. The summed E-state index contributed by atoms with van der Waals surface area (Å²) >= 11 is 5.75. The zero-order valence-electron chi connectivity index (χ0n) is 11.7. The number of carbonyl (C=O) groups is 3. The summed E-state index contributed by atoms with van der Waals surface area (Å²) in [7, 11) is 2.29. The third-order valence-electron chi connectivity index (χ3n) is 2.71. The standard InChI is InChI=1S/C15H15ClO5/c1-20-14(18)13(15(19)21-2)9-12(17)8-5-10-3-6-11(16)7-4-10/h3-8,13H,9H2,1-2H3/b8-5+. The maximum Gasteiger partial charge on any atom is 0.320 e. The van der Waals surface area contributed by atoms with E-state index >= 15 is 0 Å². The Balaban J connectivity index is 2.71. The van der Waals surface area contributed by atoms with Crippen molar-refractivity contribution in [1.82, 2.24) is 0 Å². The molecule has 0 unspecified atom stereocenters. The first kappa shape index (κ1) is 16.9. The van der Waals surface area contributed by atoms with Gasteiger partial charge in [0, 0.05) is 11.4 Å². The van der Waals surface area contributed by atoms with Crippen molar-refractivity contribution < 1.29 is 23.9 Å². The van der Waals surface area contributed by atoms with Crippen LogP contribution < -0.4 is 0 Å². The smallest absolute Gasteiger partial charge is 0.320 e. The van der Waals surface area contributed by atoms with Gasteiger partial charge in [0.25, 0.3) is 0 Å². The van der Waals surface area contributed by atoms with Crippen LogP contribution in [0, 0.1) is 5.92 Å². The van der Waals surface area contributed by atoms with E-state index < -0.39 is 17.9 Å². The van der Waals surface area contributed by atoms with Gasteiger partial charge in [-0.3, -0.25) is 14.4 Å². The summed E-state index contributed by atoms with van der Waals surface area (Å²) in [4.78, 5) is 34.7. The molecule has 0 amide bonds. The number of methoxy groups -OCH3 is 2. The van der Waals surface area contributed by atoms with Gasteiger partial charge in [-0.2, -0.15) is 0 Å². The van der Waals surface area contributed by atoms with Crippen molar-refractivity contribution in [1.29, 1.82) is 0 Å². The Morgan fingerprint density at radius 3 is 2.10 bits per heavy atom. The van der Waals surface area contributed by atoms with Crippen molar-refractivity contribution in [3.63, 3.8) is 0 Å². The maximum atomic E-state index is 11.8. The molecular weight excluding hydrogens is 296 g/mol. The molecular formula is C15H15ClO5. The Morgan fingerprint density at radius 1 is 1.10 bits per heavy atom. The van der Waals surface area contributed by atoms with Gasteiger partial charge in [0.05, 0.1) is 14.2 Å². The first-order valence-corrected chi connectivity index (χ1v) is 6.48. The summed E-state index contributed by atoms with van der Waals surface area (Å²) in [5.41, 5.74) is 0.778. The van der Waals surface area contributed by atoms with Gasteiger partial charge in [-0.05, 0) is 23.8 Å². The van der Waals surface area contributed by atoms with Crippen LogP contribution in [0.25, 0.3) is 6.08 Å². The largest absolute Gasteiger partial charge is 0.468 e. The molecule has 6 heteroatoms. The number of hydrogen-bond acceptors (Lipinski definition) is 5. The minimum atomic E-state index is -1.25. The predicted molar refractivity (Wildman–Crippen MR) is 77.6 cm³/mol. The quantitative estimate of drug-likeness (QED) is 0.458. The highest BCUT2D eigenvalue weighted by Crippen LogP contribution is 2.12. The molecule has 0 aliphatic carbocycles. The van der Waals surface area contributed by atoms with Crippen molar-refractivity contribution in [3.8, 4) is 0 Å². The molecule has 1 rings (SSSR count). The van der Waals surface area contributed by atoms with Crippen LogP contribution in [-0.2, 0) is 23.9 Å². The highest BCUT2D eigenvalue weighted by molar-refractivity contribution is 6.30. The molecule has 0 aromatic heterocycles. The molecule has 21 heavy (non-hydrogen) atoms. The van der Waals surface area contributed by atoms with Crippen LogP contribution in [0.3, 0.4) is 0 Å². The molecule has 0 radical (unpaired) electrons. The number of hydrogen-bond donors (Lipinski definition) is 0. The summed E-state index contributed by atoms with van der Waals surface area (Å²) in [6.45, 7) is 0. The molecule has 0 saturated carbocycles. The van der Waals surface area contributed by atoms with Crippen molar-refractivity contribution in [2.75, 3.05) is 14.2 Å². The van der Waals surface area contributed by atoms with E-state index in [0.29, 0.717) is 5.02 Å². The van der Waals surface area contributed by atoms with Crippen LogP contribution in [0.4, 0.5) is 0 Å². The van der Waals surface area contributed by atoms with E-state index in [0.717, 1.165) is 19.8 Å². The van der Waals surface area contributed by atoms with Gasteiger partial charge in [-0.1, -0.05) is 29.8 Å². The Kier molecular flexibility index (Phi) is 6.62. The lowest BCUT2D eigenvalue weighted by Crippen LogP contribution is -2.28. The zero-order chi connectivity index (χ0) is 15.8. The average molecular weight is 311 g/mol. The molecule has 0 saturated heterocycles. The van der Waals surface area contributed by atoms with Crippen LogP contribution in [0.2, 0.25) is 5.02 Å². The number of benzene rings is 1. The summed E-state index contributed by atoms with van der Waals surface area (Å²) in [6.07, 6.45) is 2.57. The van der Waals surface area contributed by atoms with Crippen LogP contribution in [0.1, 0.15) is 12.0 Å². The van der Waals surface area contributed by atoms with Gasteiger partial charge in [-0.15, -0.1) is 0 Å². The number of allylic oxidation sites excluding steroid dienone is 1. The predicted octanol–water partition coefficient (Wildman–Crippen LogP) is 2.27. The van der Waals surface area contributed by atoms with E-state index in [4.69, 9.17) is 11.6 Å². The van der Waals surface area contributed by atoms with Crippen LogP contribution in [0.15, 0.2) is 30.3 Å². The Labute approximate surface area is 127 Å². The molecule has 1 aromatic rings. The second-order valence-electron chi connectivity index (χ2n) is 4.15. The average Bonchev–Trinajstić information content (AvgIpc) is 2.50.